The van der Waals surface area contributed by atoms with Crippen molar-refractivity contribution in [2.45, 2.75) is 23.0 Å². The second-order valence-electron chi connectivity index (χ2n) is 7.34. The Bertz CT molecular complexity index is 1230. The molecule has 2 aromatic rings. The molecule has 0 bridgehead atoms. The first-order valence-corrected chi connectivity index (χ1v) is 10.7. The molecule has 2 aromatic carbocycles. The summed E-state index contributed by atoms with van der Waals surface area (Å²) < 4.78 is 67.3. The molecule has 0 aliphatic carbocycles. The highest BCUT2D eigenvalue weighted by atomic mass is 32.2. The van der Waals surface area contributed by atoms with Crippen LogP contribution in [-0.4, -0.2) is 53.9 Å². The van der Waals surface area contributed by atoms with E-state index in [1.165, 1.54) is 18.2 Å². The number of amides is 1. The summed E-state index contributed by atoms with van der Waals surface area (Å²) in [5.41, 5.74) is -3.86. The summed E-state index contributed by atoms with van der Waals surface area (Å²) in [6.07, 6.45) is -5.22. The highest BCUT2D eigenvalue weighted by Gasteiger charge is 2.55. The number of halogens is 3. The maximum absolute atomic E-state index is 13.1. The Balaban J connectivity index is 2.01. The number of benzene rings is 2. The van der Waals surface area contributed by atoms with Crippen molar-refractivity contribution < 1.29 is 41.2 Å². The molecule has 1 unspecified atom stereocenters. The molecular weight excluding hydrogens is 471 g/mol. The summed E-state index contributed by atoms with van der Waals surface area (Å²) in [6.45, 7) is -1.22. The fraction of sp³-hybridized carbons (Fsp3) is 0.263. The molecule has 1 heterocycles. The van der Waals surface area contributed by atoms with Crippen molar-refractivity contribution in [3.8, 4) is 0 Å². The number of hydrogen-bond donors (Lipinski definition) is 2. The van der Waals surface area contributed by atoms with Crippen molar-refractivity contribution in [1.29, 1.82) is 0 Å². The molecule has 1 saturated heterocycles. The summed E-state index contributed by atoms with van der Waals surface area (Å²) in [5, 5.41) is 20.2. The molecule has 0 saturated carbocycles. The zero-order valence-electron chi connectivity index (χ0n) is 16.6. The van der Waals surface area contributed by atoms with Crippen LogP contribution in [0.5, 0.6) is 0 Å². The van der Waals surface area contributed by atoms with Crippen molar-refractivity contribution in [3.05, 3.63) is 69.8 Å². The highest BCUT2D eigenvalue weighted by molar-refractivity contribution is 7.89. The lowest BCUT2D eigenvalue weighted by Crippen LogP contribution is -2.75. The number of sulfonamides is 1. The Morgan fingerprint density at radius 2 is 1.88 bits per heavy atom. The molecule has 10 nitrogen and oxygen atoms in total. The van der Waals surface area contributed by atoms with Gasteiger partial charge >= 0.3 is 12.1 Å². The van der Waals surface area contributed by atoms with Crippen LogP contribution in [0.3, 0.4) is 0 Å². The summed E-state index contributed by atoms with van der Waals surface area (Å²) in [7, 11) is -4.71. The SMILES string of the molecule is O=C(O)CN1CC(Cc2cccc(C(F)(F)F)c2)(NS(=O)(=O)c2ccccc2[N+](=O)[O-])C1=O. The number of aliphatic carboxylic acids is 1. The van der Waals surface area contributed by atoms with Gasteiger partial charge in [0, 0.05) is 19.0 Å². The van der Waals surface area contributed by atoms with E-state index in [1.54, 1.807) is 0 Å². The number of para-hydroxylation sites is 1. The number of carboxylic acids is 1. The summed E-state index contributed by atoms with van der Waals surface area (Å²) in [4.78, 5) is 34.1. The van der Waals surface area contributed by atoms with E-state index in [-0.39, 0.29) is 5.56 Å². The van der Waals surface area contributed by atoms with Crippen molar-refractivity contribution in [1.82, 2.24) is 9.62 Å². The molecule has 176 valence electrons. The molecule has 33 heavy (non-hydrogen) atoms. The van der Waals surface area contributed by atoms with Crippen LogP contribution in [0.4, 0.5) is 18.9 Å². The number of nitrogens with zero attached hydrogens (tertiary/aromatic N) is 2. The minimum Gasteiger partial charge on any atom is -0.480 e. The first kappa shape index (κ1) is 24.1. The third-order valence-corrected chi connectivity index (χ3v) is 6.51. The molecule has 1 fully saturated rings. The van der Waals surface area contributed by atoms with E-state index >= 15 is 0 Å². The van der Waals surface area contributed by atoms with Gasteiger partial charge in [-0.25, -0.2) is 8.42 Å². The number of hydrogen-bond acceptors (Lipinski definition) is 6. The van der Waals surface area contributed by atoms with E-state index in [4.69, 9.17) is 5.11 Å². The quantitative estimate of drug-likeness (QED) is 0.328. The van der Waals surface area contributed by atoms with Gasteiger partial charge < -0.3 is 10.0 Å². The third-order valence-electron chi connectivity index (χ3n) is 4.92. The van der Waals surface area contributed by atoms with E-state index in [1.807, 2.05) is 0 Å². The second kappa shape index (κ2) is 8.44. The summed E-state index contributed by atoms with van der Waals surface area (Å²) >= 11 is 0. The zero-order chi connectivity index (χ0) is 24.6. The molecule has 0 aromatic heterocycles. The van der Waals surface area contributed by atoms with Gasteiger partial charge in [-0.15, -0.1) is 0 Å². The number of alkyl halides is 3. The molecule has 1 aliphatic rings. The number of carboxylic acid groups (broad SMARTS) is 1. The van der Waals surface area contributed by atoms with Crippen LogP contribution >= 0.6 is 0 Å². The standard InChI is InChI=1S/C19H16F3N3O7S/c20-19(21,22)13-5-3-4-12(8-13)9-18(11-24(17(18)28)10-16(26)27)23-33(31,32)15-7-2-1-6-14(15)25(29)30/h1-8,23H,9-11H2,(H,26,27). The third kappa shape index (κ3) is 4.96. The van der Waals surface area contributed by atoms with Crippen LogP contribution in [0, 0.1) is 10.1 Å². The lowest BCUT2D eigenvalue weighted by molar-refractivity contribution is -0.387. The predicted molar refractivity (Wildman–Crippen MR) is 106 cm³/mol. The fourth-order valence-electron chi connectivity index (χ4n) is 3.56. The van der Waals surface area contributed by atoms with E-state index in [0.29, 0.717) is 0 Å². The Morgan fingerprint density at radius 3 is 2.45 bits per heavy atom. The van der Waals surface area contributed by atoms with Gasteiger partial charge in [-0.05, 0) is 17.7 Å². The van der Waals surface area contributed by atoms with Gasteiger partial charge in [-0.2, -0.15) is 17.9 Å². The van der Waals surface area contributed by atoms with Gasteiger partial charge in [0.25, 0.3) is 5.69 Å². The number of nitrogens with one attached hydrogen (secondary N) is 1. The number of carbonyl (C=O) groups excluding carboxylic acids is 1. The second-order valence-corrected chi connectivity index (χ2v) is 8.99. The van der Waals surface area contributed by atoms with Gasteiger partial charge in [0.1, 0.15) is 12.1 Å². The summed E-state index contributed by atoms with van der Waals surface area (Å²) in [6, 6.07) is 8.22. The van der Waals surface area contributed by atoms with Crippen LogP contribution in [-0.2, 0) is 32.2 Å². The van der Waals surface area contributed by atoms with Crippen molar-refractivity contribution in [2.24, 2.45) is 0 Å². The Labute approximate surface area is 184 Å². The molecule has 2 N–H and O–H groups in total. The lowest BCUT2D eigenvalue weighted by Gasteiger charge is -2.48. The van der Waals surface area contributed by atoms with Crippen molar-refractivity contribution in [2.75, 3.05) is 13.1 Å². The largest absolute Gasteiger partial charge is 0.480 e. The Kier molecular flexibility index (Phi) is 6.17. The van der Waals surface area contributed by atoms with Crippen LogP contribution in [0.2, 0.25) is 0 Å². The maximum atomic E-state index is 13.1. The number of likely N-dealkylation sites (tertiary alicyclic amines) is 1. The maximum Gasteiger partial charge on any atom is 0.416 e. The molecular formula is C19H16F3N3O7S. The van der Waals surface area contributed by atoms with E-state index < -0.39 is 74.2 Å². The number of nitro benzene ring substituents is 1. The molecule has 0 spiro atoms. The van der Waals surface area contributed by atoms with Crippen LogP contribution < -0.4 is 4.72 Å². The molecule has 0 radical (unpaired) electrons. The topological polar surface area (TPSA) is 147 Å². The van der Waals surface area contributed by atoms with Gasteiger partial charge in [0.2, 0.25) is 15.9 Å². The van der Waals surface area contributed by atoms with Gasteiger partial charge in [0.05, 0.1) is 10.5 Å². The Morgan fingerprint density at radius 1 is 1.21 bits per heavy atom. The molecule has 3 rings (SSSR count). The van der Waals surface area contributed by atoms with Crippen molar-refractivity contribution in [3.63, 3.8) is 0 Å². The van der Waals surface area contributed by atoms with Crippen LogP contribution in [0.15, 0.2) is 53.4 Å². The number of carbonyl (C=O) groups is 2. The normalized spacial score (nSPS) is 18.6. The number of β-lactam (4-membered cyclic amide) rings is 1. The number of nitro groups is 1. The van der Waals surface area contributed by atoms with Crippen molar-refractivity contribution >= 4 is 27.6 Å². The molecule has 1 amide bonds. The first-order valence-electron chi connectivity index (χ1n) is 9.20. The first-order chi connectivity index (χ1) is 15.2. The Hall–Kier alpha value is -3.52. The van der Waals surface area contributed by atoms with E-state index in [2.05, 4.69) is 4.72 Å². The minimum atomic E-state index is -4.71. The molecule has 1 atom stereocenters. The molecule has 1 aliphatic heterocycles. The van der Waals surface area contributed by atoms with Crippen LogP contribution in [0.1, 0.15) is 11.1 Å². The fourth-order valence-corrected chi connectivity index (χ4v) is 5.09. The monoisotopic (exact) mass is 487 g/mol. The predicted octanol–water partition coefficient (Wildman–Crippen LogP) is 1.80. The molecule has 14 heteroatoms. The lowest BCUT2D eigenvalue weighted by atomic mass is 9.83. The van der Waals surface area contributed by atoms with E-state index in [0.717, 1.165) is 35.2 Å². The summed E-state index contributed by atoms with van der Waals surface area (Å²) in [5.74, 6) is -2.36. The van der Waals surface area contributed by atoms with Crippen LogP contribution in [0.25, 0.3) is 0 Å². The van der Waals surface area contributed by atoms with Gasteiger partial charge in [0.15, 0.2) is 4.90 Å². The number of rotatable bonds is 8. The highest BCUT2D eigenvalue weighted by Crippen LogP contribution is 2.34. The minimum absolute atomic E-state index is 0.0431. The smallest absolute Gasteiger partial charge is 0.416 e. The van der Waals surface area contributed by atoms with Gasteiger partial charge in [-0.1, -0.05) is 30.3 Å². The van der Waals surface area contributed by atoms with E-state index in [9.17, 15) is 41.3 Å². The van der Waals surface area contributed by atoms with Gasteiger partial charge in [-0.3, -0.25) is 19.7 Å². The average Bonchev–Trinajstić information content (AvgIpc) is 2.72. The zero-order valence-corrected chi connectivity index (χ0v) is 17.4. The average molecular weight is 487 g/mol.